The van der Waals surface area contributed by atoms with Crippen molar-refractivity contribution in [1.29, 1.82) is 0 Å². The van der Waals surface area contributed by atoms with E-state index in [2.05, 4.69) is 10.2 Å². The number of carbonyl (C=O) groups is 3. The predicted octanol–water partition coefficient (Wildman–Crippen LogP) is 2.85. The van der Waals surface area contributed by atoms with Crippen LogP contribution in [0.4, 0.5) is 0 Å². The first-order valence-electron chi connectivity index (χ1n) is 11.4. The third-order valence-electron chi connectivity index (χ3n) is 5.89. The van der Waals surface area contributed by atoms with E-state index in [4.69, 9.17) is 4.74 Å². The second-order valence-corrected chi connectivity index (χ2v) is 10.2. The maximum absolute atomic E-state index is 13.6. The van der Waals surface area contributed by atoms with Gasteiger partial charge in [-0.05, 0) is 51.6 Å². The van der Waals surface area contributed by atoms with Crippen molar-refractivity contribution in [2.24, 2.45) is 17.3 Å². The summed E-state index contributed by atoms with van der Waals surface area (Å²) in [6.07, 6.45) is 3.61. The molecule has 1 aliphatic rings. The Bertz CT molecular complexity index is 666. The summed E-state index contributed by atoms with van der Waals surface area (Å²) in [6.45, 7) is 15.4. The van der Waals surface area contributed by atoms with Crippen LogP contribution in [-0.4, -0.2) is 73.5 Å². The SMILES string of the molecule is CCOC(=O)C(C)=C[C@H](C(C)C)N(C)C(=O)[C@@H](NC(=O)C1CCCN(C)C1)C(C)(C)C. The fraction of sp³-hybridized carbons (Fsp3) is 0.792. The Balaban J connectivity index is 3.07. The molecule has 0 radical (unpaired) electrons. The molecule has 31 heavy (non-hydrogen) atoms. The highest BCUT2D eigenvalue weighted by atomic mass is 16.5. The second-order valence-electron chi connectivity index (χ2n) is 10.2. The van der Waals surface area contributed by atoms with Crippen molar-refractivity contribution in [3.63, 3.8) is 0 Å². The normalized spacial score (nSPS) is 20.2. The number of rotatable bonds is 8. The number of hydrogen-bond acceptors (Lipinski definition) is 5. The molecule has 0 saturated carbocycles. The van der Waals surface area contributed by atoms with E-state index in [9.17, 15) is 14.4 Å². The lowest BCUT2D eigenvalue weighted by Gasteiger charge is -2.38. The smallest absolute Gasteiger partial charge is 0.333 e. The van der Waals surface area contributed by atoms with Gasteiger partial charge in [-0.1, -0.05) is 40.7 Å². The lowest BCUT2D eigenvalue weighted by Crippen LogP contribution is -2.58. The van der Waals surface area contributed by atoms with Gasteiger partial charge >= 0.3 is 5.97 Å². The van der Waals surface area contributed by atoms with Gasteiger partial charge in [0.1, 0.15) is 6.04 Å². The monoisotopic (exact) mass is 437 g/mol. The molecule has 1 aliphatic heterocycles. The maximum Gasteiger partial charge on any atom is 0.333 e. The third-order valence-corrected chi connectivity index (χ3v) is 5.89. The number of amides is 2. The van der Waals surface area contributed by atoms with Crippen LogP contribution in [0.2, 0.25) is 0 Å². The highest BCUT2D eigenvalue weighted by Crippen LogP contribution is 2.25. The quantitative estimate of drug-likeness (QED) is 0.467. The van der Waals surface area contributed by atoms with E-state index in [0.29, 0.717) is 18.7 Å². The van der Waals surface area contributed by atoms with Crippen LogP contribution in [-0.2, 0) is 19.1 Å². The molecule has 0 aromatic heterocycles. The molecule has 1 saturated heterocycles. The second kappa shape index (κ2) is 11.7. The molecule has 0 aliphatic carbocycles. The Morgan fingerprint density at radius 1 is 1.26 bits per heavy atom. The van der Waals surface area contributed by atoms with Crippen molar-refractivity contribution in [2.75, 3.05) is 33.8 Å². The van der Waals surface area contributed by atoms with Gasteiger partial charge in [-0.25, -0.2) is 4.79 Å². The number of piperidine rings is 1. The molecule has 0 bridgehead atoms. The zero-order chi connectivity index (χ0) is 23.9. The number of likely N-dealkylation sites (tertiary alicyclic amines) is 1. The van der Waals surface area contributed by atoms with Crippen LogP contribution in [0.3, 0.4) is 0 Å². The topological polar surface area (TPSA) is 79.0 Å². The van der Waals surface area contributed by atoms with Gasteiger partial charge in [-0.2, -0.15) is 0 Å². The van der Waals surface area contributed by atoms with Crippen LogP contribution in [0.25, 0.3) is 0 Å². The molecule has 1 rings (SSSR count). The minimum Gasteiger partial charge on any atom is -0.463 e. The van der Waals surface area contributed by atoms with E-state index < -0.39 is 11.5 Å². The van der Waals surface area contributed by atoms with Crippen molar-refractivity contribution >= 4 is 17.8 Å². The van der Waals surface area contributed by atoms with Crippen LogP contribution in [0.5, 0.6) is 0 Å². The molecule has 3 atom stereocenters. The molecule has 0 aromatic carbocycles. The van der Waals surface area contributed by atoms with E-state index in [-0.39, 0.29) is 35.7 Å². The lowest BCUT2D eigenvalue weighted by atomic mass is 9.84. The fourth-order valence-electron chi connectivity index (χ4n) is 3.96. The Kier molecular flexibility index (Phi) is 10.2. The summed E-state index contributed by atoms with van der Waals surface area (Å²) in [7, 11) is 3.76. The summed E-state index contributed by atoms with van der Waals surface area (Å²) < 4.78 is 5.08. The summed E-state index contributed by atoms with van der Waals surface area (Å²) in [5.41, 5.74) is 0.0185. The molecule has 2 amide bonds. The highest BCUT2D eigenvalue weighted by molar-refractivity contribution is 5.90. The van der Waals surface area contributed by atoms with E-state index in [1.165, 1.54) is 0 Å². The Morgan fingerprint density at radius 3 is 2.35 bits per heavy atom. The highest BCUT2D eigenvalue weighted by Gasteiger charge is 2.38. The van der Waals surface area contributed by atoms with Gasteiger partial charge in [0.15, 0.2) is 0 Å². The minimum absolute atomic E-state index is 0.0624. The van der Waals surface area contributed by atoms with Gasteiger partial charge in [-0.3, -0.25) is 9.59 Å². The summed E-state index contributed by atoms with van der Waals surface area (Å²) in [5.74, 6) is -0.615. The van der Waals surface area contributed by atoms with Crippen molar-refractivity contribution in [3.05, 3.63) is 11.6 Å². The zero-order valence-electron chi connectivity index (χ0n) is 20.9. The Labute approximate surface area is 188 Å². The fourth-order valence-corrected chi connectivity index (χ4v) is 3.96. The summed E-state index contributed by atoms with van der Waals surface area (Å²) in [4.78, 5) is 42.4. The van der Waals surface area contributed by atoms with Crippen LogP contribution in [0, 0.1) is 17.3 Å². The molecule has 178 valence electrons. The summed E-state index contributed by atoms with van der Waals surface area (Å²) in [5, 5.41) is 3.05. The number of carbonyl (C=O) groups excluding carboxylic acids is 3. The first kappa shape index (κ1) is 27.1. The first-order chi connectivity index (χ1) is 14.3. The lowest BCUT2D eigenvalue weighted by molar-refractivity contribution is -0.141. The van der Waals surface area contributed by atoms with Crippen molar-refractivity contribution in [3.8, 4) is 0 Å². The molecule has 0 aromatic rings. The van der Waals surface area contributed by atoms with E-state index >= 15 is 0 Å². The maximum atomic E-state index is 13.6. The molecular formula is C24H43N3O4. The van der Waals surface area contributed by atoms with Gasteiger partial charge in [-0.15, -0.1) is 0 Å². The number of nitrogens with zero attached hydrogens (tertiary/aromatic N) is 2. The largest absolute Gasteiger partial charge is 0.463 e. The van der Waals surface area contributed by atoms with Gasteiger partial charge in [0.05, 0.1) is 18.6 Å². The molecule has 1 fully saturated rings. The van der Waals surface area contributed by atoms with Crippen LogP contribution in [0.1, 0.15) is 61.3 Å². The van der Waals surface area contributed by atoms with Crippen LogP contribution in [0.15, 0.2) is 11.6 Å². The third kappa shape index (κ3) is 7.95. The summed E-state index contributed by atoms with van der Waals surface area (Å²) >= 11 is 0. The number of nitrogens with one attached hydrogen (secondary N) is 1. The average Bonchev–Trinajstić information content (AvgIpc) is 2.67. The van der Waals surface area contributed by atoms with Crippen molar-refractivity contribution in [1.82, 2.24) is 15.1 Å². The first-order valence-corrected chi connectivity index (χ1v) is 11.4. The number of esters is 1. The number of ether oxygens (including phenoxy) is 1. The molecule has 7 nitrogen and oxygen atoms in total. The molecule has 0 spiro atoms. The average molecular weight is 438 g/mol. The summed E-state index contributed by atoms with van der Waals surface area (Å²) in [6, 6.07) is -0.950. The van der Waals surface area contributed by atoms with Gasteiger partial charge in [0.25, 0.3) is 0 Å². The van der Waals surface area contributed by atoms with Crippen LogP contribution < -0.4 is 5.32 Å². The molecule has 1 N–H and O–H groups in total. The molecule has 1 heterocycles. The number of likely N-dealkylation sites (N-methyl/N-ethyl adjacent to an activating group) is 1. The predicted molar refractivity (Wildman–Crippen MR) is 123 cm³/mol. The minimum atomic E-state index is -0.658. The Hall–Kier alpha value is -1.89. The van der Waals surface area contributed by atoms with Crippen molar-refractivity contribution < 1.29 is 19.1 Å². The molecule has 1 unspecified atom stereocenters. The van der Waals surface area contributed by atoms with Gasteiger partial charge < -0.3 is 19.9 Å². The van der Waals surface area contributed by atoms with E-state index in [0.717, 1.165) is 19.4 Å². The standard InChI is InChI=1S/C24H43N3O4/c1-10-31-23(30)17(4)14-19(16(2)3)27(9)22(29)20(24(5,6)7)25-21(28)18-12-11-13-26(8)15-18/h14,16,18-20H,10-13,15H2,1-9H3,(H,25,28)/t18?,19-,20-/m1/s1. The molecule has 7 heteroatoms. The van der Waals surface area contributed by atoms with E-state index in [1.807, 2.05) is 41.7 Å². The van der Waals surface area contributed by atoms with E-state index in [1.54, 1.807) is 31.9 Å². The zero-order valence-corrected chi connectivity index (χ0v) is 20.9. The Morgan fingerprint density at radius 2 is 1.87 bits per heavy atom. The van der Waals surface area contributed by atoms with Crippen LogP contribution >= 0.6 is 0 Å². The van der Waals surface area contributed by atoms with Gasteiger partial charge in [0.2, 0.25) is 11.8 Å². The molecular weight excluding hydrogens is 394 g/mol. The van der Waals surface area contributed by atoms with Crippen molar-refractivity contribution in [2.45, 2.75) is 73.4 Å². The van der Waals surface area contributed by atoms with Gasteiger partial charge in [0, 0.05) is 19.2 Å². The number of hydrogen-bond donors (Lipinski definition) is 1.